The minimum atomic E-state index is -0.202. The Kier molecular flexibility index (Phi) is 4.69. The molecule has 0 spiro atoms. The summed E-state index contributed by atoms with van der Waals surface area (Å²) in [6, 6.07) is 19.1. The van der Waals surface area contributed by atoms with Crippen LogP contribution in [0.2, 0.25) is 0 Å². The summed E-state index contributed by atoms with van der Waals surface area (Å²) in [4.78, 5) is 11.8. The summed E-state index contributed by atoms with van der Waals surface area (Å²) in [6.07, 6.45) is 4.53. The van der Waals surface area contributed by atoms with E-state index in [1.54, 1.807) is 0 Å². The van der Waals surface area contributed by atoms with Gasteiger partial charge in [0, 0.05) is 18.4 Å². The lowest BCUT2D eigenvalue weighted by Crippen LogP contribution is -2.30. The van der Waals surface area contributed by atoms with E-state index in [9.17, 15) is 4.79 Å². The van der Waals surface area contributed by atoms with Crippen LogP contribution in [-0.2, 0) is 6.42 Å². The summed E-state index contributed by atoms with van der Waals surface area (Å²) >= 11 is 0. The lowest BCUT2D eigenvalue weighted by Gasteiger charge is -2.06. The van der Waals surface area contributed by atoms with E-state index in [1.165, 1.54) is 0 Å². The van der Waals surface area contributed by atoms with Crippen molar-refractivity contribution in [1.29, 1.82) is 0 Å². The third kappa shape index (κ3) is 4.20. The molecule has 0 radical (unpaired) electrons. The quantitative estimate of drug-likeness (QED) is 0.760. The zero-order chi connectivity index (χ0) is 15.9. The van der Waals surface area contributed by atoms with Crippen LogP contribution in [0.3, 0.4) is 0 Å². The number of benzene rings is 2. The number of amides is 2. The molecule has 1 heterocycles. The number of anilines is 1. The largest absolute Gasteiger partial charge is 0.338 e. The summed E-state index contributed by atoms with van der Waals surface area (Å²) in [6.45, 7) is 0.555. The second kappa shape index (κ2) is 7.26. The third-order valence-corrected chi connectivity index (χ3v) is 3.39. The van der Waals surface area contributed by atoms with E-state index < -0.39 is 0 Å². The highest BCUT2D eigenvalue weighted by Gasteiger charge is 2.03. The predicted octanol–water partition coefficient (Wildman–Crippen LogP) is 3.24. The number of rotatable bonds is 5. The van der Waals surface area contributed by atoms with Crippen molar-refractivity contribution in [2.24, 2.45) is 0 Å². The van der Waals surface area contributed by atoms with E-state index in [0.717, 1.165) is 23.4 Å². The van der Waals surface area contributed by atoms with Gasteiger partial charge in [-0.1, -0.05) is 36.4 Å². The van der Waals surface area contributed by atoms with Gasteiger partial charge in [-0.05, 0) is 36.2 Å². The molecule has 0 fully saturated rings. The van der Waals surface area contributed by atoms with Crippen molar-refractivity contribution in [2.45, 2.75) is 6.42 Å². The Morgan fingerprint density at radius 3 is 2.43 bits per heavy atom. The highest BCUT2D eigenvalue weighted by atomic mass is 16.2. The molecule has 116 valence electrons. The van der Waals surface area contributed by atoms with Gasteiger partial charge in [0.1, 0.15) is 0 Å². The van der Waals surface area contributed by atoms with Crippen LogP contribution in [-0.4, -0.2) is 22.4 Å². The lowest BCUT2D eigenvalue weighted by molar-refractivity contribution is 0.252. The van der Waals surface area contributed by atoms with Gasteiger partial charge in [-0.25, -0.2) is 9.48 Å². The maximum atomic E-state index is 11.8. The molecule has 23 heavy (non-hydrogen) atoms. The molecule has 0 aliphatic carbocycles. The van der Waals surface area contributed by atoms with Crippen LogP contribution < -0.4 is 10.6 Å². The van der Waals surface area contributed by atoms with E-state index in [2.05, 4.69) is 15.7 Å². The number of hydrogen-bond donors (Lipinski definition) is 2. The lowest BCUT2D eigenvalue weighted by atomic mass is 10.2. The van der Waals surface area contributed by atoms with Crippen molar-refractivity contribution in [3.05, 3.63) is 78.6 Å². The highest BCUT2D eigenvalue weighted by molar-refractivity contribution is 5.89. The van der Waals surface area contributed by atoms with Gasteiger partial charge in [0.05, 0.1) is 11.9 Å². The molecule has 3 rings (SSSR count). The van der Waals surface area contributed by atoms with Gasteiger partial charge < -0.3 is 10.6 Å². The van der Waals surface area contributed by atoms with Gasteiger partial charge in [-0.3, -0.25) is 0 Å². The molecule has 0 saturated carbocycles. The molecule has 0 bridgehead atoms. The zero-order valence-corrected chi connectivity index (χ0v) is 12.6. The van der Waals surface area contributed by atoms with Crippen molar-refractivity contribution in [3.8, 4) is 5.69 Å². The number of nitrogens with one attached hydrogen (secondary N) is 2. The van der Waals surface area contributed by atoms with Crippen LogP contribution in [0.15, 0.2) is 73.1 Å². The van der Waals surface area contributed by atoms with Gasteiger partial charge in [-0.2, -0.15) is 5.10 Å². The minimum absolute atomic E-state index is 0.202. The maximum Gasteiger partial charge on any atom is 0.319 e. The second-order valence-electron chi connectivity index (χ2n) is 5.13. The number of carbonyl (C=O) groups is 1. The molecule has 2 aromatic carbocycles. The van der Waals surface area contributed by atoms with Gasteiger partial charge in [0.15, 0.2) is 0 Å². The molecule has 3 aromatic rings. The summed E-state index contributed by atoms with van der Waals surface area (Å²) in [5.74, 6) is 0. The smallest absolute Gasteiger partial charge is 0.319 e. The number of nitrogens with zero attached hydrogens (tertiary/aromatic N) is 2. The van der Waals surface area contributed by atoms with Crippen LogP contribution in [0.25, 0.3) is 5.69 Å². The molecule has 2 N–H and O–H groups in total. The Balaban J connectivity index is 1.48. The fraction of sp³-hybridized carbons (Fsp3) is 0.111. The summed E-state index contributed by atoms with van der Waals surface area (Å²) in [5, 5.41) is 9.97. The Labute approximate surface area is 135 Å². The van der Waals surface area contributed by atoms with Crippen molar-refractivity contribution < 1.29 is 4.79 Å². The van der Waals surface area contributed by atoms with Crippen LogP contribution in [0, 0.1) is 0 Å². The van der Waals surface area contributed by atoms with Crippen LogP contribution >= 0.6 is 0 Å². The van der Waals surface area contributed by atoms with E-state index in [0.29, 0.717) is 6.54 Å². The normalized spacial score (nSPS) is 10.3. The monoisotopic (exact) mass is 306 g/mol. The first kappa shape index (κ1) is 14.8. The van der Waals surface area contributed by atoms with E-state index in [4.69, 9.17) is 0 Å². The molecule has 0 atom stereocenters. The maximum absolute atomic E-state index is 11.8. The Morgan fingerprint density at radius 1 is 1.00 bits per heavy atom. The first-order chi connectivity index (χ1) is 11.3. The first-order valence-corrected chi connectivity index (χ1v) is 7.50. The Morgan fingerprint density at radius 2 is 1.70 bits per heavy atom. The van der Waals surface area contributed by atoms with Crippen molar-refractivity contribution >= 4 is 11.7 Å². The number of urea groups is 1. The van der Waals surface area contributed by atoms with E-state index >= 15 is 0 Å². The van der Waals surface area contributed by atoms with Crippen LogP contribution in [0.5, 0.6) is 0 Å². The molecule has 5 heteroatoms. The minimum Gasteiger partial charge on any atom is -0.338 e. The Hall–Kier alpha value is -3.08. The van der Waals surface area contributed by atoms with Crippen LogP contribution in [0.1, 0.15) is 5.56 Å². The van der Waals surface area contributed by atoms with E-state index in [-0.39, 0.29) is 6.03 Å². The fourth-order valence-electron chi connectivity index (χ4n) is 2.23. The number of aromatic nitrogens is 2. The molecule has 0 saturated heterocycles. The molecular formula is C18H18N4O. The first-order valence-electron chi connectivity index (χ1n) is 7.50. The van der Waals surface area contributed by atoms with Gasteiger partial charge in [0.25, 0.3) is 0 Å². The molecule has 1 aromatic heterocycles. The molecule has 0 aliphatic heterocycles. The second-order valence-corrected chi connectivity index (χ2v) is 5.13. The van der Waals surface area contributed by atoms with E-state index in [1.807, 2.05) is 77.7 Å². The molecule has 0 aliphatic rings. The average Bonchev–Trinajstić information content (AvgIpc) is 3.05. The molecule has 2 amide bonds. The molecular weight excluding hydrogens is 288 g/mol. The zero-order valence-electron chi connectivity index (χ0n) is 12.6. The third-order valence-electron chi connectivity index (χ3n) is 3.39. The summed E-state index contributed by atoms with van der Waals surface area (Å²) in [5.41, 5.74) is 2.88. The standard InChI is InChI=1S/C18H18N4O/c23-18(21-16-7-3-1-4-8-16)19-12-11-15-13-20-22(14-15)17-9-5-2-6-10-17/h1-10,13-14H,11-12H2,(H2,19,21,23). The fourth-order valence-corrected chi connectivity index (χ4v) is 2.23. The topological polar surface area (TPSA) is 59.0 Å². The average molecular weight is 306 g/mol. The molecule has 0 unspecified atom stereocenters. The van der Waals surface area contributed by atoms with Gasteiger partial charge >= 0.3 is 6.03 Å². The van der Waals surface area contributed by atoms with Crippen molar-refractivity contribution in [3.63, 3.8) is 0 Å². The number of para-hydroxylation sites is 2. The van der Waals surface area contributed by atoms with Crippen molar-refractivity contribution in [1.82, 2.24) is 15.1 Å². The van der Waals surface area contributed by atoms with Gasteiger partial charge in [-0.15, -0.1) is 0 Å². The Bertz CT molecular complexity index is 753. The highest BCUT2D eigenvalue weighted by Crippen LogP contribution is 2.08. The predicted molar refractivity (Wildman–Crippen MR) is 90.7 cm³/mol. The number of hydrogen-bond acceptors (Lipinski definition) is 2. The van der Waals surface area contributed by atoms with Gasteiger partial charge in [0.2, 0.25) is 0 Å². The van der Waals surface area contributed by atoms with Crippen LogP contribution in [0.4, 0.5) is 10.5 Å². The summed E-state index contributed by atoms with van der Waals surface area (Å²) < 4.78 is 1.83. The van der Waals surface area contributed by atoms with Crippen molar-refractivity contribution in [2.75, 3.05) is 11.9 Å². The summed E-state index contributed by atoms with van der Waals surface area (Å²) in [7, 11) is 0. The SMILES string of the molecule is O=C(NCCc1cnn(-c2ccccc2)c1)Nc1ccccc1. The number of carbonyl (C=O) groups excluding carboxylic acids is 1. The molecule has 5 nitrogen and oxygen atoms in total.